The lowest BCUT2D eigenvalue weighted by Crippen LogP contribution is -2.24. The highest BCUT2D eigenvalue weighted by Gasteiger charge is 2.30. The summed E-state index contributed by atoms with van der Waals surface area (Å²) < 4.78 is 12.4. The van der Waals surface area contributed by atoms with Crippen LogP contribution in [0.1, 0.15) is 54.5 Å². The van der Waals surface area contributed by atoms with Gasteiger partial charge in [-0.15, -0.1) is 0 Å². The summed E-state index contributed by atoms with van der Waals surface area (Å²) in [5.74, 6) is 1.67. The molecule has 1 N–H and O–H groups in total. The first-order valence-corrected chi connectivity index (χ1v) is 12.6. The number of pyridine rings is 1. The molecular formula is C31H33NO3. The molecule has 4 heteroatoms. The Morgan fingerprint density at radius 2 is 1.51 bits per heavy atom. The SMILES string of the molecule is Cc1c(COc2ccc(CCC3(O)CCCC3)cc2)nc2ccccc2c1OCc1ccccc1. The third-order valence-corrected chi connectivity index (χ3v) is 7.12. The largest absolute Gasteiger partial charge is 0.488 e. The molecule has 4 nitrogen and oxygen atoms in total. The highest BCUT2D eigenvalue weighted by atomic mass is 16.5. The molecule has 0 radical (unpaired) electrons. The Hall–Kier alpha value is -3.37. The fourth-order valence-electron chi connectivity index (χ4n) is 4.95. The van der Waals surface area contributed by atoms with Crippen molar-refractivity contribution in [2.24, 2.45) is 0 Å². The van der Waals surface area contributed by atoms with Gasteiger partial charge >= 0.3 is 0 Å². The third kappa shape index (κ3) is 5.66. The number of para-hydroxylation sites is 1. The lowest BCUT2D eigenvalue weighted by molar-refractivity contribution is 0.0391. The van der Waals surface area contributed by atoms with Gasteiger partial charge in [0, 0.05) is 10.9 Å². The van der Waals surface area contributed by atoms with E-state index in [0.29, 0.717) is 13.2 Å². The van der Waals surface area contributed by atoms with Crippen molar-refractivity contribution in [1.29, 1.82) is 0 Å². The Balaban J connectivity index is 1.27. The van der Waals surface area contributed by atoms with Crippen LogP contribution in [0.25, 0.3) is 10.9 Å². The van der Waals surface area contributed by atoms with Gasteiger partial charge in [-0.05, 0) is 68.0 Å². The van der Waals surface area contributed by atoms with E-state index in [1.165, 1.54) is 5.56 Å². The van der Waals surface area contributed by atoms with Crippen LogP contribution >= 0.6 is 0 Å². The maximum absolute atomic E-state index is 10.6. The minimum atomic E-state index is -0.464. The van der Waals surface area contributed by atoms with Gasteiger partial charge in [0.1, 0.15) is 24.7 Å². The summed E-state index contributed by atoms with van der Waals surface area (Å²) in [5, 5.41) is 11.6. The summed E-state index contributed by atoms with van der Waals surface area (Å²) in [6, 6.07) is 26.5. The Morgan fingerprint density at radius 1 is 0.800 bits per heavy atom. The van der Waals surface area contributed by atoms with E-state index in [0.717, 1.165) is 77.7 Å². The summed E-state index contributed by atoms with van der Waals surface area (Å²) in [7, 11) is 0. The van der Waals surface area contributed by atoms with Crippen LogP contribution < -0.4 is 9.47 Å². The van der Waals surface area contributed by atoms with Crippen molar-refractivity contribution in [3.05, 3.63) is 101 Å². The summed E-state index contributed by atoms with van der Waals surface area (Å²) in [4.78, 5) is 4.87. The molecule has 0 atom stereocenters. The molecule has 1 aliphatic carbocycles. The summed E-state index contributed by atoms with van der Waals surface area (Å²) >= 11 is 0. The molecule has 180 valence electrons. The van der Waals surface area contributed by atoms with Crippen LogP contribution in [0.5, 0.6) is 11.5 Å². The third-order valence-electron chi connectivity index (χ3n) is 7.12. The molecule has 0 amide bonds. The number of nitrogens with zero attached hydrogens (tertiary/aromatic N) is 1. The van der Waals surface area contributed by atoms with Gasteiger partial charge in [0.15, 0.2) is 0 Å². The van der Waals surface area contributed by atoms with Crippen LogP contribution in [0.2, 0.25) is 0 Å². The molecule has 5 rings (SSSR count). The average molecular weight is 468 g/mol. The van der Waals surface area contributed by atoms with Gasteiger partial charge in [-0.3, -0.25) is 0 Å². The number of aromatic nitrogens is 1. The van der Waals surface area contributed by atoms with Crippen molar-refractivity contribution in [3.8, 4) is 11.5 Å². The number of aryl methyl sites for hydroxylation is 1. The fraction of sp³-hybridized carbons (Fsp3) is 0.323. The molecule has 0 saturated heterocycles. The molecule has 0 spiro atoms. The lowest BCUT2D eigenvalue weighted by atomic mass is 9.93. The van der Waals surface area contributed by atoms with Crippen molar-refractivity contribution < 1.29 is 14.6 Å². The molecule has 3 aromatic carbocycles. The number of fused-ring (bicyclic) bond motifs is 1. The van der Waals surface area contributed by atoms with Crippen LogP contribution in [-0.2, 0) is 19.6 Å². The van der Waals surface area contributed by atoms with E-state index in [9.17, 15) is 5.11 Å². The Labute approximate surface area is 207 Å². The van der Waals surface area contributed by atoms with Crippen LogP contribution in [0.15, 0.2) is 78.9 Å². The van der Waals surface area contributed by atoms with E-state index in [4.69, 9.17) is 14.5 Å². The van der Waals surface area contributed by atoms with Gasteiger partial charge in [-0.25, -0.2) is 4.98 Å². The van der Waals surface area contributed by atoms with Crippen LogP contribution in [0, 0.1) is 6.92 Å². The van der Waals surface area contributed by atoms with Gasteiger partial charge in [0.25, 0.3) is 0 Å². The molecule has 0 aliphatic heterocycles. The van der Waals surface area contributed by atoms with Gasteiger partial charge in [-0.2, -0.15) is 0 Å². The second kappa shape index (κ2) is 10.5. The molecule has 1 aliphatic rings. The highest BCUT2D eigenvalue weighted by Crippen LogP contribution is 2.34. The number of hydrogen-bond acceptors (Lipinski definition) is 4. The van der Waals surface area contributed by atoms with Crippen LogP contribution in [0.3, 0.4) is 0 Å². The molecule has 1 heterocycles. The van der Waals surface area contributed by atoms with Gasteiger partial charge < -0.3 is 14.6 Å². The van der Waals surface area contributed by atoms with Crippen molar-refractivity contribution >= 4 is 10.9 Å². The normalized spacial score (nSPS) is 14.8. The molecular weight excluding hydrogens is 434 g/mol. The van der Waals surface area contributed by atoms with Crippen LogP contribution in [0.4, 0.5) is 0 Å². The first kappa shape index (κ1) is 23.4. The summed E-state index contributed by atoms with van der Waals surface area (Å²) in [6.45, 7) is 2.93. The topological polar surface area (TPSA) is 51.6 Å². The second-order valence-corrected chi connectivity index (χ2v) is 9.67. The van der Waals surface area contributed by atoms with Gasteiger partial charge in [-0.1, -0.05) is 67.4 Å². The first-order chi connectivity index (χ1) is 17.1. The quantitative estimate of drug-likeness (QED) is 0.290. The minimum Gasteiger partial charge on any atom is -0.488 e. The monoisotopic (exact) mass is 467 g/mol. The molecule has 4 aromatic rings. The Bertz CT molecular complexity index is 1260. The van der Waals surface area contributed by atoms with E-state index in [1.54, 1.807) is 0 Å². The van der Waals surface area contributed by atoms with Crippen molar-refractivity contribution in [3.63, 3.8) is 0 Å². The van der Waals surface area contributed by atoms with Crippen molar-refractivity contribution in [2.75, 3.05) is 0 Å². The van der Waals surface area contributed by atoms with Gasteiger partial charge in [0.05, 0.1) is 16.8 Å². The van der Waals surface area contributed by atoms with E-state index < -0.39 is 5.60 Å². The summed E-state index contributed by atoms with van der Waals surface area (Å²) in [6.07, 6.45) is 5.88. The number of aliphatic hydroxyl groups is 1. The predicted molar refractivity (Wildman–Crippen MR) is 140 cm³/mol. The smallest absolute Gasteiger partial charge is 0.134 e. The van der Waals surface area contributed by atoms with Crippen molar-refractivity contribution in [2.45, 2.75) is 64.3 Å². The molecule has 1 saturated carbocycles. The van der Waals surface area contributed by atoms with Crippen molar-refractivity contribution in [1.82, 2.24) is 4.98 Å². The number of benzene rings is 3. The maximum atomic E-state index is 10.6. The summed E-state index contributed by atoms with van der Waals surface area (Å²) in [5.41, 5.74) is 4.68. The zero-order chi connectivity index (χ0) is 24.1. The number of ether oxygens (including phenoxy) is 2. The minimum absolute atomic E-state index is 0.372. The highest BCUT2D eigenvalue weighted by molar-refractivity contribution is 5.86. The van der Waals surface area contributed by atoms with Crippen LogP contribution in [-0.4, -0.2) is 15.7 Å². The molecule has 0 bridgehead atoms. The zero-order valence-corrected chi connectivity index (χ0v) is 20.4. The second-order valence-electron chi connectivity index (χ2n) is 9.67. The molecule has 1 fully saturated rings. The zero-order valence-electron chi connectivity index (χ0n) is 20.4. The lowest BCUT2D eigenvalue weighted by Gasteiger charge is -2.21. The Kier molecular flexibility index (Phi) is 7.01. The van der Waals surface area contributed by atoms with Gasteiger partial charge in [0.2, 0.25) is 0 Å². The maximum Gasteiger partial charge on any atom is 0.134 e. The first-order valence-electron chi connectivity index (χ1n) is 12.6. The molecule has 1 aromatic heterocycles. The fourth-order valence-corrected chi connectivity index (χ4v) is 4.95. The molecule has 0 unspecified atom stereocenters. The van der Waals surface area contributed by atoms with E-state index in [1.807, 2.05) is 48.5 Å². The van der Waals surface area contributed by atoms with E-state index in [2.05, 4.69) is 37.3 Å². The Morgan fingerprint density at radius 3 is 2.29 bits per heavy atom. The average Bonchev–Trinajstić information content (AvgIpc) is 3.33. The molecule has 35 heavy (non-hydrogen) atoms. The number of hydrogen-bond donors (Lipinski definition) is 1. The van der Waals surface area contributed by atoms with E-state index >= 15 is 0 Å². The standard InChI is InChI=1S/C31H33NO3/c1-23-29(22-34-26-15-13-24(14-16-26)17-20-31(33)18-7-8-19-31)32-28-12-6-5-11-27(28)30(23)35-21-25-9-3-2-4-10-25/h2-6,9-16,33H,7-8,17-22H2,1H3. The van der Waals surface area contributed by atoms with E-state index in [-0.39, 0.29) is 0 Å². The predicted octanol–water partition coefficient (Wildman–Crippen LogP) is 6.94. The number of rotatable bonds is 9.